The lowest BCUT2D eigenvalue weighted by molar-refractivity contribution is -0.135. The molecule has 2 aromatic rings. The van der Waals surface area contributed by atoms with E-state index >= 15 is 0 Å². The monoisotopic (exact) mass is 493 g/mol. The molecule has 1 atom stereocenters. The van der Waals surface area contributed by atoms with Gasteiger partial charge in [0.25, 0.3) is 5.91 Å². The minimum atomic E-state index is -3.76. The fraction of sp³-hybridized carbons (Fsp3) is 0.391. The van der Waals surface area contributed by atoms with Crippen LogP contribution < -0.4 is 10.1 Å². The molecule has 1 N–H and O–H groups in total. The van der Waals surface area contributed by atoms with Gasteiger partial charge in [0.15, 0.2) is 0 Å². The van der Waals surface area contributed by atoms with E-state index in [0.717, 1.165) is 0 Å². The van der Waals surface area contributed by atoms with Crippen LogP contribution in [-0.2, 0) is 14.8 Å². The standard InChI is InChI=1S/C23H28ClN3O5S/c1-16(2)21(25-22(28)17-8-4-6-10-19(17)32-3)23(29)26-12-14-27(15-13-26)33(30,31)20-11-7-5-9-18(20)24/h4-11,16,21H,12-15H2,1-3H3,(H,25,28)/t21-/m0/s1. The first-order chi connectivity index (χ1) is 15.7. The summed E-state index contributed by atoms with van der Waals surface area (Å²) >= 11 is 6.08. The van der Waals surface area contributed by atoms with Crippen molar-refractivity contribution in [3.05, 3.63) is 59.1 Å². The summed E-state index contributed by atoms with van der Waals surface area (Å²) in [7, 11) is -2.28. The van der Waals surface area contributed by atoms with Crippen LogP contribution in [0.4, 0.5) is 0 Å². The van der Waals surface area contributed by atoms with Gasteiger partial charge >= 0.3 is 0 Å². The largest absolute Gasteiger partial charge is 0.496 e. The number of piperazine rings is 1. The highest BCUT2D eigenvalue weighted by atomic mass is 35.5. The van der Waals surface area contributed by atoms with Gasteiger partial charge in [0.05, 0.1) is 17.7 Å². The van der Waals surface area contributed by atoms with E-state index in [1.54, 1.807) is 41.3 Å². The van der Waals surface area contributed by atoms with Crippen LogP contribution in [0.5, 0.6) is 5.75 Å². The fourth-order valence-corrected chi connectivity index (χ4v) is 5.62. The number of benzene rings is 2. The smallest absolute Gasteiger partial charge is 0.255 e. The first-order valence-corrected chi connectivity index (χ1v) is 12.5. The molecule has 1 heterocycles. The molecule has 8 nitrogen and oxygen atoms in total. The molecule has 2 aromatic carbocycles. The van der Waals surface area contributed by atoms with Crippen molar-refractivity contribution >= 4 is 33.4 Å². The van der Waals surface area contributed by atoms with Gasteiger partial charge in [-0.2, -0.15) is 4.31 Å². The third-order valence-corrected chi connectivity index (χ3v) is 7.97. The third-order valence-electron chi connectivity index (χ3n) is 5.58. The number of amides is 2. The SMILES string of the molecule is COc1ccccc1C(=O)N[C@H](C(=O)N1CCN(S(=O)(=O)c2ccccc2Cl)CC1)C(C)C. The molecule has 0 aliphatic carbocycles. The zero-order chi connectivity index (χ0) is 24.2. The Kier molecular flexibility index (Phi) is 7.99. The van der Waals surface area contributed by atoms with Gasteiger partial charge in [-0.05, 0) is 30.2 Å². The Labute approximate surface area is 199 Å². The third kappa shape index (κ3) is 5.48. The van der Waals surface area contributed by atoms with Gasteiger partial charge in [-0.3, -0.25) is 9.59 Å². The molecule has 0 radical (unpaired) electrons. The molecule has 10 heteroatoms. The topological polar surface area (TPSA) is 96.0 Å². The number of methoxy groups -OCH3 is 1. The molecular weight excluding hydrogens is 466 g/mol. The van der Waals surface area contributed by atoms with Gasteiger partial charge in [-0.15, -0.1) is 0 Å². The molecule has 0 aromatic heterocycles. The highest BCUT2D eigenvalue weighted by Gasteiger charge is 2.35. The molecule has 2 amide bonds. The number of hydrogen-bond donors (Lipinski definition) is 1. The lowest BCUT2D eigenvalue weighted by Gasteiger charge is -2.36. The quantitative estimate of drug-likeness (QED) is 0.639. The Bertz CT molecular complexity index is 1110. The van der Waals surface area contributed by atoms with E-state index in [9.17, 15) is 18.0 Å². The van der Waals surface area contributed by atoms with Crippen LogP contribution in [-0.4, -0.2) is 68.8 Å². The number of nitrogens with zero attached hydrogens (tertiary/aromatic N) is 2. The number of ether oxygens (including phenoxy) is 1. The molecule has 1 aliphatic heterocycles. The van der Waals surface area contributed by atoms with Crippen LogP contribution in [0, 0.1) is 5.92 Å². The molecule has 0 saturated carbocycles. The van der Waals surface area contributed by atoms with Crippen LogP contribution in [0.3, 0.4) is 0 Å². The Hall–Kier alpha value is -2.62. The molecule has 1 saturated heterocycles. The molecule has 33 heavy (non-hydrogen) atoms. The summed E-state index contributed by atoms with van der Waals surface area (Å²) in [4.78, 5) is 27.7. The molecular formula is C23H28ClN3O5S. The summed E-state index contributed by atoms with van der Waals surface area (Å²) in [6.07, 6.45) is 0. The van der Waals surface area contributed by atoms with E-state index < -0.39 is 22.0 Å². The van der Waals surface area contributed by atoms with E-state index in [2.05, 4.69) is 5.32 Å². The number of halogens is 1. The fourth-order valence-electron chi connectivity index (χ4n) is 3.70. The van der Waals surface area contributed by atoms with Crippen LogP contribution in [0.25, 0.3) is 0 Å². The van der Waals surface area contributed by atoms with Crippen molar-refractivity contribution in [2.75, 3.05) is 33.3 Å². The molecule has 178 valence electrons. The maximum Gasteiger partial charge on any atom is 0.255 e. The second-order valence-electron chi connectivity index (χ2n) is 8.06. The van der Waals surface area contributed by atoms with Crippen molar-refractivity contribution in [1.29, 1.82) is 0 Å². The average molecular weight is 494 g/mol. The number of rotatable bonds is 7. The normalized spacial score (nSPS) is 15.8. The summed E-state index contributed by atoms with van der Waals surface area (Å²) in [5.41, 5.74) is 0.342. The van der Waals surface area contributed by atoms with Crippen LogP contribution >= 0.6 is 11.6 Å². The summed E-state index contributed by atoms with van der Waals surface area (Å²) in [5, 5.41) is 2.98. The Morgan fingerprint density at radius 2 is 1.61 bits per heavy atom. The van der Waals surface area contributed by atoms with Crippen LogP contribution in [0.1, 0.15) is 24.2 Å². The number of sulfonamides is 1. The number of carbonyl (C=O) groups excluding carboxylic acids is 2. The van der Waals surface area contributed by atoms with Crippen molar-refractivity contribution < 1.29 is 22.7 Å². The zero-order valence-electron chi connectivity index (χ0n) is 18.8. The predicted molar refractivity (Wildman–Crippen MR) is 126 cm³/mol. The molecule has 1 fully saturated rings. The molecule has 0 bridgehead atoms. The lowest BCUT2D eigenvalue weighted by atomic mass is 10.0. The van der Waals surface area contributed by atoms with E-state index in [1.165, 1.54) is 23.5 Å². The van der Waals surface area contributed by atoms with Gasteiger partial charge in [-0.25, -0.2) is 8.42 Å². The number of nitrogens with one attached hydrogen (secondary N) is 1. The minimum absolute atomic E-state index is 0.0515. The molecule has 0 spiro atoms. The maximum absolute atomic E-state index is 13.2. The van der Waals surface area contributed by atoms with Gasteiger partial charge in [-0.1, -0.05) is 49.7 Å². The Morgan fingerprint density at radius 3 is 2.21 bits per heavy atom. The molecule has 0 unspecified atom stereocenters. The molecule has 3 rings (SSSR count). The number of hydrogen-bond acceptors (Lipinski definition) is 5. The van der Waals surface area contributed by atoms with Crippen LogP contribution in [0.2, 0.25) is 5.02 Å². The number of para-hydroxylation sites is 1. The summed E-state index contributed by atoms with van der Waals surface area (Å²) < 4.78 is 32.5. The zero-order valence-corrected chi connectivity index (χ0v) is 20.4. The second-order valence-corrected chi connectivity index (χ2v) is 10.4. The summed E-state index contributed by atoms with van der Waals surface area (Å²) in [6, 6.07) is 12.3. The highest BCUT2D eigenvalue weighted by Crippen LogP contribution is 2.25. The maximum atomic E-state index is 13.2. The second kappa shape index (κ2) is 10.5. The Balaban J connectivity index is 1.69. The van der Waals surface area contributed by atoms with Crippen molar-refractivity contribution in [1.82, 2.24) is 14.5 Å². The van der Waals surface area contributed by atoms with Crippen molar-refractivity contribution in [3.8, 4) is 5.75 Å². The van der Waals surface area contributed by atoms with Gasteiger partial charge in [0, 0.05) is 26.2 Å². The van der Waals surface area contributed by atoms with Gasteiger partial charge < -0.3 is 15.0 Å². The van der Waals surface area contributed by atoms with E-state index in [0.29, 0.717) is 11.3 Å². The van der Waals surface area contributed by atoms with Crippen molar-refractivity contribution in [2.45, 2.75) is 24.8 Å². The first kappa shape index (κ1) is 25.0. The average Bonchev–Trinajstić information content (AvgIpc) is 2.82. The summed E-state index contributed by atoms with van der Waals surface area (Å²) in [6.45, 7) is 4.42. The van der Waals surface area contributed by atoms with E-state index in [1.807, 2.05) is 13.8 Å². The van der Waals surface area contributed by atoms with E-state index in [4.69, 9.17) is 16.3 Å². The Morgan fingerprint density at radius 1 is 1.00 bits per heavy atom. The first-order valence-electron chi connectivity index (χ1n) is 10.6. The van der Waals surface area contributed by atoms with Gasteiger partial charge in [0.1, 0.15) is 16.7 Å². The predicted octanol–water partition coefficient (Wildman–Crippen LogP) is 2.64. The van der Waals surface area contributed by atoms with Crippen molar-refractivity contribution in [2.24, 2.45) is 5.92 Å². The van der Waals surface area contributed by atoms with E-state index in [-0.39, 0.29) is 47.9 Å². The molecule has 1 aliphatic rings. The lowest BCUT2D eigenvalue weighted by Crippen LogP contribution is -2.57. The highest BCUT2D eigenvalue weighted by molar-refractivity contribution is 7.89. The van der Waals surface area contributed by atoms with Gasteiger partial charge in [0.2, 0.25) is 15.9 Å². The number of carbonyl (C=O) groups is 2. The van der Waals surface area contributed by atoms with Crippen LogP contribution in [0.15, 0.2) is 53.4 Å². The van der Waals surface area contributed by atoms with Crippen molar-refractivity contribution in [3.63, 3.8) is 0 Å². The minimum Gasteiger partial charge on any atom is -0.496 e. The summed E-state index contributed by atoms with van der Waals surface area (Å²) in [5.74, 6) is -0.396.